The largest absolute Gasteiger partial charge is 0.507 e. The first-order chi connectivity index (χ1) is 9.48. The molecule has 5 N–H and O–H groups in total. The van der Waals surface area contributed by atoms with Gasteiger partial charge in [0.25, 0.3) is 5.91 Å². The van der Waals surface area contributed by atoms with Crippen molar-refractivity contribution in [2.75, 3.05) is 0 Å². The zero-order valence-electron chi connectivity index (χ0n) is 11.4. The number of phenolic OH excluding ortho intramolecular Hbond substituents is 1. The molecule has 20 heavy (non-hydrogen) atoms. The lowest BCUT2D eigenvalue weighted by Gasteiger charge is -2.28. The van der Waals surface area contributed by atoms with E-state index < -0.39 is 11.4 Å². The van der Waals surface area contributed by atoms with Crippen LogP contribution in [0, 0.1) is 6.92 Å². The number of carbonyl (C=O) groups excluding carboxylic acids is 1. The second kappa shape index (κ2) is 5.40. The predicted molar refractivity (Wildman–Crippen MR) is 74.9 cm³/mol. The number of hydrogen-bond donors (Lipinski definition) is 4. The lowest BCUT2D eigenvalue weighted by Crippen LogP contribution is -2.55. The van der Waals surface area contributed by atoms with E-state index in [-0.39, 0.29) is 17.1 Å². The molecule has 108 valence electrons. The van der Waals surface area contributed by atoms with Crippen LogP contribution in [0.15, 0.2) is 23.4 Å². The summed E-state index contributed by atoms with van der Waals surface area (Å²) in [6.07, 6.45) is 3.05. The first-order valence-corrected chi connectivity index (χ1v) is 6.59. The number of carbonyl (C=O) groups is 1. The Morgan fingerprint density at radius 1 is 1.40 bits per heavy atom. The van der Waals surface area contributed by atoms with E-state index in [1.165, 1.54) is 6.07 Å². The molecule has 0 unspecified atom stereocenters. The molecule has 2 rings (SSSR count). The van der Waals surface area contributed by atoms with Crippen molar-refractivity contribution in [3.63, 3.8) is 0 Å². The normalized spacial score (nSPS) is 17.9. The summed E-state index contributed by atoms with van der Waals surface area (Å²) in [5.41, 5.74) is 5.96. The van der Waals surface area contributed by atoms with Crippen molar-refractivity contribution in [1.82, 2.24) is 5.32 Å². The third-order valence-electron chi connectivity index (χ3n) is 3.81. The lowest BCUT2D eigenvalue weighted by atomic mass is 9.95. The standard InChI is InChI=1S/C14H19N3O3/c1-9-4-5-10(11(18)8-9)12(19)16-14(13(15)17-20)6-2-3-7-14/h4-5,8,18,20H,2-3,6-7H2,1H3,(H2,15,17)(H,16,19). The fourth-order valence-corrected chi connectivity index (χ4v) is 2.64. The molecule has 6 heteroatoms. The van der Waals surface area contributed by atoms with E-state index in [0.717, 1.165) is 18.4 Å². The molecule has 1 fully saturated rings. The maximum atomic E-state index is 12.3. The van der Waals surface area contributed by atoms with Gasteiger partial charge < -0.3 is 21.4 Å². The van der Waals surface area contributed by atoms with Crippen molar-refractivity contribution in [2.45, 2.75) is 38.1 Å². The van der Waals surface area contributed by atoms with Gasteiger partial charge in [0.1, 0.15) is 11.3 Å². The number of hydrogen-bond acceptors (Lipinski definition) is 4. The van der Waals surface area contributed by atoms with Gasteiger partial charge in [-0.2, -0.15) is 0 Å². The Labute approximate surface area is 117 Å². The number of aryl methyl sites for hydroxylation is 1. The number of nitrogens with one attached hydrogen (secondary N) is 1. The van der Waals surface area contributed by atoms with E-state index in [4.69, 9.17) is 10.9 Å². The molecule has 0 saturated heterocycles. The summed E-state index contributed by atoms with van der Waals surface area (Å²) in [6.45, 7) is 1.83. The van der Waals surface area contributed by atoms with Gasteiger partial charge in [0.2, 0.25) is 0 Å². The number of amidine groups is 1. The van der Waals surface area contributed by atoms with Crippen LogP contribution in [0.2, 0.25) is 0 Å². The van der Waals surface area contributed by atoms with E-state index in [1.807, 2.05) is 6.92 Å². The average molecular weight is 277 g/mol. The molecule has 1 aliphatic rings. The Balaban J connectivity index is 2.25. The van der Waals surface area contributed by atoms with Gasteiger partial charge in [-0.15, -0.1) is 0 Å². The number of nitrogens with zero attached hydrogens (tertiary/aromatic N) is 1. The minimum Gasteiger partial charge on any atom is -0.507 e. The van der Waals surface area contributed by atoms with Crippen molar-refractivity contribution in [1.29, 1.82) is 0 Å². The van der Waals surface area contributed by atoms with Crippen LogP contribution in [-0.2, 0) is 0 Å². The van der Waals surface area contributed by atoms with E-state index in [9.17, 15) is 9.90 Å². The quantitative estimate of drug-likeness (QED) is 0.290. The maximum absolute atomic E-state index is 12.3. The Morgan fingerprint density at radius 3 is 2.60 bits per heavy atom. The van der Waals surface area contributed by atoms with E-state index >= 15 is 0 Å². The highest BCUT2D eigenvalue weighted by molar-refractivity contribution is 6.02. The molecule has 1 aromatic carbocycles. The second-order valence-electron chi connectivity index (χ2n) is 5.25. The summed E-state index contributed by atoms with van der Waals surface area (Å²) >= 11 is 0. The van der Waals surface area contributed by atoms with Gasteiger partial charge in [-0.05, 0) is 37.5 Å². The average Bonchev–Trinajstić information content (AvgIpc) is 2.87. The predicted octanol–water partition coefficient (Wildman–Crippen LogP) is 1.49. The Bertz CT molecular complexity index is 549. The third-order valence-corrected chi connectivity index (χ3v) is 3.81. The van der Waals surface area contributed by atoms with Crippen molar-refractivity contribution >= 4 is 11.7 Å². The van der Waals surface area contributed by atoms with Gasteiger partial charge in [0, 0.05) is 0 Å². The zero-order valence-corrected chi connectivity index (χ0v) is 11.4. The van der Waals surface area contributed by atoms with Gasteiger partial charge >= 0.3 is 0 Å². The monoisotopic (exact) mass is 277 g/mol. The molecule has 0 aliphatic heterocycles. The molecule has 0 atom stereocenters. The lowest BCUT2D eigenvalue weighted by molar-refractivity contribution is 0.0920. The number of nitrogens with two attached hydrogens (primary N) is 1. The van der Waals surface area contributed by atoms with Crippen molar-refractivity contribution in [2.24, 2.45) is 10.9 Å². The van der Waals surface area contributed by atoms with Gasteiger partial charge in [0.05, 0.1) is 5.56 Å². The summed E-state index contributed by atoms with van der Waals surface area (Å²) in [5.74, 6) is -0.485. The fraction of sp³-hybridized carbons (Fsp3) is 0.429. The highest BCUT2D eigenvalue weighted by atomic mass is 16.4. The Morgan fingerprint density at radius 2 is 2.05 bits per heavy atom. The first kappa shape index (κ1) is 14.2. The molecule has 6 nitrogen and oxygen atoms in total. The molecule has 1 aromatic rings. The van der Waals surface area contributed by atoms with Crippen LogP contribution in [0.3, 0.4) is 0 Å². The molecule has 0 heterocycles. The minimum absolute atomic E-state index is 0.00921. The summed E-state index contributed by atoms with van der Waals surface area (Å²) in [6, 6.07) is 4.84. The first-order valence-electron chi connectivity index (χ1n) is 6.59. The number of rotatable bonds is 3. The number of amides is 1. The number of benzene rings is 1. The molecule has 1 aliphatic carbocycles. The van der Waals surface area contributed by atoms with Crippen LogP contribution in [0.4, 0.5) is 0 Å². The third kappa shape index (κ3) is 2.54. The molecule has 0 bridgehead atoms. The van der Waals surface area contributed by atoms with Crippen molar-refractivity contribution in [3.05, 3.63) is 29.3 Å². The zero-order chi connectivity index (χ0) is 14.8. The van der Waals surface area contributed by atoms with Crippen LogP contribution in [0.25, 0.3) is 0 Å². The molecule has 0 spiro atoms. The van der Waals surface area contributed by atoms with E-state index in [1.54, 1.807) is 12.1 Å². The minimum atomic E-state index is -0.816. The maximum Gasteiger partial charge on any atom is 0.255 e. The van der Waals surface area contributed by atoms with Crippen molar-refractivity contribution < 1.29 is 15.1 Å². The SMILES string of the molecule is Cc1ccc(C(=O)NC2(/C(N)=N/O)CCCC2)c(O)c1. The van der Waals surface area contributed by atoms with Crippen LogP contribution < -0.4 is 11.1 Å². The van der Waals surface area contributed by atoms with E-state index in [0.29, 0.717) is 12.8 Å². The van der Waals surface area contributed by atoms with Gasteiger partial charge in [-0.3, -0.25) is 4.79 Å². The molecule has 1 amide bonds. The summed E-state index contributed by atoms with van der Waals surface area (Å²) in [4.78, 5) is 12.3. The second-order valence-corrected chi connectivity index (χ2v) is 5.25. The summed E-state index contributed by atoms with van der Waals surface area (Å²) in [5, 5.41) is 24.6. The molecule has 0 radical (unpaired) electrons. The number of aromatic hydroxyl groups is 1. The molecule has 0 aromatic heterocycles. The van der Waals surface area contributed by atoms with Gasteiger partial charge in [-0.1, -0.05) is 24.1 Å². The highest BCUT2D eigenvalue weighted by Crippen LogP contribution is 2.31. The molecular weight excluding hydrogens is 258 g/mol. The topological polar surface area (TPSA) is 108 Å². The van der Waals surface area contributed by atoms with Gasteiger partial charge in [0.15, 0.2) is 5.84 Å². The van der Waals surface area contributed by atoms with Crippen LogP contribution in [0.1, 0.15) is 41.6 Å². The molecular formula is C14H19N3O3. The Kier molecular flexibility index (Phi) is 3.83. The van der Waals surface area contributed by atoms with Crippen LogP contribution in [0.5, 0.6) is 5.75 Å². The fourth-order valence-electron chi connectivity index (χ4n) is 2.64. The van der Waals surface area contributed by atoms with Gasteiger partial charge in [-0.25, -0.2) is 0 Å². The van der Waals surface area contributed by atoms with E-state index in [2.05, 4.69) is 10.5 Å². The number of oxime groups is 1. The van der Waals surface area contributed by atoms with Crippen LogP contribution in [-0.4, -0.2) is 27.6 Å². The summed E-state index contributed by atoms with van der Waals surface area (Å²) < 4.78 is 0. The van der Waals surface area contributed by atoms with Crippen LogP contribution >= 0.6 is 0 Å². The summed E-state index contributed by atoms with van der Waals surface area (Å²) in [7, 11) is 0. The molecule has 1 saturated carbocycles. The van der Waals surface area contributed by atoms with Crippen molar-refractivity contribution in [3.8, 4) is 5.75 Å². The Hall–Kier alpha value is -2.24. The highest BCUT2D eigenvalue weighted by Gasteiger charge is 2.40. The number of phenols is 1. The smallest absolute Gasteiger partial charge is 0.255 e.